The number of esters is 2. The maximum atomic E-state index is 14.0. The van der Waals surface area contributed by atoms with Gasteiger partial charge in [0.25, 0.3) is 0 Å². The summed E-state index contributed by atoms with van der Waals surface area (Å²) >= 11 is 0. The number of carbonyl (C=O) groups excluding carboxylic acids is 2. The van der Waals surface area contributed by atoms with Gasteiger partial charge >= 0.3 is 11.9 Å². The Morgan fingerprint density at radius 3 is 1.75 bits per heavy atom. The lowest BCUT2D eigenvalue weighted by Gasteiger charge is -2.41. The average molecular weight is 725 g/mol. The Morgan fingerprint density at radius 1 is 0.698 bits per heavy atom. The predicted molar refractivity (Wildman–Crippen MR) is 188 cm³/mol. The molecule has 0 amide bonds. The van der Waals surface area contributed by atoms with Crippen LogP contribution in [0.1, 0.15) is 18.1 Å². The Labute approximate surface area is 300 Å². The number of phenolic OH excluding ortho intramolecular Hbond substituents is 5. The van der Waals surface area contributed by atoms with E-state index in [-0.39, 0.29) is 39.5 Å². The van der Waals surface area contributed by atoms with Crippen LogP contribution in [-0.2, 0) is 23.8 Å². The molecule has 0 radical (unpaired) electrons. The van der Waals surface area contributed by atoms with Gasteiger partial charge in [0, 0.05) is 29.8 Å². The fraction of sp³-hybridized carbons (Fsp3) is 0.154. The van der Waals surface area contributed by atoms with Crippen LogP contribution in [0, 0.1) is 0 Å². The molecule has 5 aromatic rings. The standard InChI is InChI=1S/C39H32O14/c1-20-35(51-30(45)16-6-21-2-10-24(40)11-3-21)34(48)38(52-31(46)17-7-22-4-12-25(41)13-5-22)39(49-20)53-37-33(47)32-28(44)18-27(43)19-29(32)50-36(37)23-8-14-26(42)15-9-23/h2-20,34-35,38-44,48H,1H3/b16-6+,17-7+/t20?,34?,35-,38?,39-/m0/s1. The molecule has 1 aromatic heterocycles. The van der Waals surface area contributed by atoms with Crippen LogP contribution in [0.5, 0.6) is 34.5 Å². The van der Waals surface area contributed by atoms with Gasteiger partial charge in [-0.2, -0.15) is 0 Å². The van der Waals surface area contributed by atoms with E-state index in [9.17, 15) is 45.0 Å². The summed E-state index contributed by atoms with van der Waals surface area (Å²) < 4.78 is 29.1. The number of hydrogen-bond donors (Lipinski definition) is 6. The van der Waals surface area contributed by atoms with E-state index >= 15 is 0 Å². The normalized spacial score (nSPS) is 20.1. The van der Waals surface area contributed by atoms with Crippen LogP contribution in [0.2, 0.25) is 0 Å². The van der Waals surface area contributed by atoms with E-state index in [2.05, 4.69) is 0 Å². The molecule has 3 unspecified atom stereocenters. The molecule has 0 bridgehead atoms. The van der Waals surface area contributed by atoms with Gasteiger partial charge in [-0.15, -0.1) is 0 Å². The van der Waals surface area contributed by atoms with Crippen LogP contribution in [0.3, 0.4) is 0 Å². The molecular weight excluding hydrogens is 692 g/mol. The van der Waals surface area contributed by atoms with Crippen LogP contribution in [0.4, 0.5) is 0 Å². The second kappa shape index (κ2) is 15.2. The Morgan fingerprint density at radius 2 is 1.21 bits per heavy atom. The van der Waals surface area contributed by atoms with Gasteiger partial charge in [-0.25, -0.2) is 9.59 Å². The zero-order valence-corrected chi connectivity index (χ0v) is 27.7. The molecule has 53 heavy (non-hydrogen) atoms. The number of hydrogen-bond acceptors (Lipinski definition) is 14. The number of aliphatic hydroxyl groups excluding tert-OH is 1. The van der Waals surface area contributed by atoms with E-state index in [0.717, 1.165) is 24.3 Å². The molecule has 1 saturated heterocycles. The summed E-state index contributed by atoms with van der Waals surface area (Å²) in [7, 11) is 0. The molecule has 4 aromatic carbocycles. The van der Waals surface area contributed by atoms with Crippen molar-refractivity contribution in [1.29, 1.82) is 0 Å². The molecule has 0 aliphatic carbocycles. The molecule has 2 heterocycles. The SMILES string of the molecule is CC1O[C@@H](Oc2c(-c3ccc(O)cc3)oc3cc(O)cc(O)c3c2=O)C(OC(=O)/C=C/c2ccc(O)cc2)C(O)[C@H]1OC(=O)/C=C/c1ccc(O)cc1. The zero-order chi connectivity index (χ0) is 37.8. The van der Waals surface area contributed by atoms with Crippen molar-refractivity contribution in [2.75, 3.05) is 0 Å². The zero-order valence-electron chi connectivity index (χ0n) is 27.7. The summed E-state index contributed by atoms with van der Waals surface area (Å²) in [6.45, 7) is 1.45. The molecule has 0 spiro atoms. The highest BCUT2D eigenvalue weighted by Crippen LogP contribution is 2.38. The van der Waals surface area contributed by atoms with Crippen LogP contribution in [0.25, 0.3) is 34.4 Å². The first-order chi connectivity index (χ1) is 25.4. The van der Waals surface area contributed by atoms with Gasteiger partial charge in [0.05, 0.1) is 6.10 Å². The first-order valence-electron chi connectivity index (χ1n) is 16.0. The molecular formula is C39H32O14. The highest BCUT2D eigenvalue weighted by Gasteiger charge is 2.49. The number of ether oxygens (including phenoxy) is 4. The quantitative estimate of drug-likeness (QED) is 0.0894. The number of aliphatic hydroxyl groups is 1. The van der Waals surface area contributed by atoms with Gasteiger partial charge in [-0.3, -0.25) is 4.79 Å². The smallest absolute Gasteiger partial charge is 0.331 e. The molecule has 14 heteroatoms. The summed E-state index contributed by atoms with van der Waals surface area (Å²) in [6, 6.07) is 19.3. The highest BCUT2D eigenvalue weighted by atomic mass is 16.7. The lowest BCUT2D eigenvalue weighted by atomic mass is 9.99. The van der Waals surface area contributed by atoms with Crippen molar-refractivity contribution in [3.05, 3.63) is 118 Å². The van der Waals surface area contributed by atoms with E-state index in [0.29, 0.717) is 11.1 Å². The molecule has 0 saturated carbocycles. The third kappa shape index (κ3) is 8.25. The van der Waals surface area contributed by atoms with Gasteiger partial charge < -0.3 is 54.0 Å². The monoisotopic (exact) mass is 724 g/mol. The summed E-state index contributed by atoms with van der Waals surface area (Å²) in [6.07, 6.45) is -2.93. The minimum absolute atomic E-state index is 0.00905. The third-order valence-electron chi connectivity index (χ3n) is 8.15. The van der Waals surface area contributed by atoms with Crippen molar-refractivity contribution >= 4 is 35.1 Å². The van der Waals surface area contributed by atoms with E-state index in [1.165, 1.54) is 79.7 Å². The second-order valence-corrected chi connectivity index (χ2v) is 11.9. The number of aromatic hydroxyl groups is 5. The topological polar surface area (TPSA) is 223 Å². The first kappa shape index (κ1) is 36.0. The molecule has 1 aliphatic rings. The van der Waals surface area contributed by atoms with Crippen molar-refractivity contribution in [3.63, 3.8) is 0 Å². The number of rotatable bonds is 9. The minimum Gasteiger partial charge on any atom is -0.508 e. The van der Waals surface area contributed by atoms with Crippen LogP contribution in [-0.4, -0.2) is 73.3 Å². The summed E-state index contributed by atoms with van der Waals surface area (Å²) in [4.78, 5) is 40.0. The van der Waals surface area contributed by atoms with Gasteiger partial charge in [0.2, 0.25) is 17.5 Å². The molecule has 1 aliphatic heterocycles. The average Bonchev–Trinajstić information content (AvgIpc) is 3.12. The predicted octanol–water partition coefficient (Wildman–Crippen LogP) is 4.72. The Bertz CT molecular complexity index is 2240. The Kier molecular flexibility index (Phi) is 10.4. The second-order valence-electron chi connectivity index (χ2n) is 11.9. The van der Waals surface area contributed by atoms with Crippen LogP contribution >= 0.6 is 0 Å². The molecule has 14 nitrogen and oxygen atoms in total. The summed E-state index contributed by atoms with van der Waals surface area (Å²) in [5.74, 6) is -3.77. The first-order valence-corrected chi connectivity index (χ1v) is 16.0. The third-order valence-corrected chi connectivity index (χ3v) is 8.15. The number of phenols is 5. The number of fused-ring (bicyclic) bond motifs is 1. The highest BCUT2D eigenvalue weighted by molar-refractivity contribution is 5.89. The Hall–Kier alpha value is -6.77. The van der Waals surface area contributed by atoms with E-state index in [1.807, 2.05) is 0 Å². The molecule has 5 atom stereocenters. The molecule has 272 valence electrons. The fourth-order valence-electron chi connectivity index (χ4n) is 5.52. The van der Waals surface area contributed by atoms with E-state index < -0.39 is 65.3 Å². The van der Waals surface area contributed by atoms with Crippen molar-refractivity contribution in [3.8, 4) is 45.8 Å². The fourth-order valence-corrected chi connectivity index (χ4v) is 5.52. The largest absolute Gasteiger partial charge is 0.508 e. The van der Waals surface area contributed by atoms with E-state index in [1.54, 1.807) is 12.1 Å². The number of carbonyl (C=O) groups is 2. The van der Waals surface area contributed by atoms with Crippen LogP contribution in [0.15, 0.2) is 106 Å². The summed E-state index contributed by atoms with van der Waals surface area (Å²) in [5, 5.41) is 60.8. The lowest BCUT2D eigenvalue weighted by Crippen LogP contribution is -2.61. The van der Waals surface area contributed by atoms with Gasteiger partial charge in [0.1, 0.15) is 45.8 Å². The maximum Gasteiger partial charge on any atom is 0.331 e. The van der Waals surface area contributed by atoms with Crippen LogP contribution < -0.4 is 10.2 Å². The lowest BCUT2D eigenvalue weighted by molar-refractivity contribution is -0.275. The molecule has 1 fully saturated rings. The van der Waals surface area contributed by atoms with Gasteiger partial charge in [-0.1, -0.05) is 24.3 Å². The minimum atomic E-state index is -1.80. The van der Waals surface area contributed by atoms with Gasteiger partial charge in [-0.05, 0) is 78.7 Å². The molecule has 6 N–H and O–H groups in total. The number of benzene rings is 4. The van der Waals surface area contributed by atoms with Crippen molar-refractivity contribution in [2.45, 2.75) is 37.6 Å². The van der Waals surface area contributed by atoms with Crippen molar-refractivity contribution < 1.29 is 63.6 Å². The van der Waals surface area contributed by atoms with Gasteiger partial charge in [0.15, 0.2) is 18.0 Å². The maximum absolute atomic E-state index is 14.0. The summed E-state index contributed by atoms with van der Waals surface area (Å²) in [5.41, 5.74) is 0.154. The van der Waals surface area contributed by atoms with Crippen molar-refractivity contribution in [2.24, 2.45) is 0 Å². The Balaban J connectivity index is 1.35. The van der Waals surface area contributed by atoms with Crippen molar-refractivity contribution in [1.82, 2.24) is 0 Å². The van der Waals surface area contributed by atoms with E-state index in [4.69, 9.17) is 23.4 Å². The molecule has 6 rings (SSSR count).